The van der Waals surface area contributed by atoms with Gasteiger partial charge in [-0.1, -0.05) is 63.0 Å². The summed E-state index contributed by atoms with van der Waals surface area (Å²) >= 11 is 9.89. The van der Waals surface area contributed by atoms with E-state index in [4.69, 9.17) is 16.1 Å². The molecular weight excluding hydrogens is 526 g/mol. The van der Waals surface area contributed by atoms with E-state index in [-0.39, 0.29) is 5.91 Å². The Morgan fingerprint density at radius 2 is 1.86 bits per heavy atom. The van der Waals surface area contributed by atoms with Crippen LogP contribution in [0.2, 0.25) is 5.02 Å². The first-order valence-corrected chi connectivity index (χ1v) is 13.4. The van der Waals surface area contributed by atoms with Gasteiger partial charge in [0.1, 0.15) is 17.0 Å². The smallest absolute Gasteiger partial charge is 0.260 e. The molecule has 1 fully saturated rings. The minimum atomic E-state index is -0.0535. The van der Waals surface area contributed by atoms with Crippen LogP contribution in [0.5, 0.6) is 0 Å². The Morgan fingerprint density at radius 1 is 1.11 bits per heavy atom. The van der Waals surface area contributed by atoms with Gasteiger partial charge < -0.3 is 14.3 Å². The van der Waals surface area contributed by atoms with Crippen molar-refractivity contribution in [1.29, 1.82) is 0 Å². The molecule has 35 heavy (non-hydrogen) atoms. The summed E-state index contributed by atoms with van der Waals surface area (Å²) in [6, 6.07) is 16.1. The van der Waals surface area contributed by atoms with Crippen LogP contribution in [-0.2, 0) is 6.42 Å². The summed E-state index contributed by atoms with van der Waals surface area (Å²) in [5.74, 6) is 1.20. The molecule has 1 aromatic heterocycles. The van der Waals surface area contributed by atoms with Crippen LogP contribution in [0, 0.1) is 12.8 Å². The van der Waals surface area contributed by atoms with Gasteiger partial charge in [-0.3, -0.25) is 4.79 Å². The highest BCUT2D eigenvalue weighted by Gasteiger charge is 2.29. The Labute approximate surface area is 219 Å². The van der Waals surface area contributed by atoms with E-state index in [1.165, 1.54) is 24.1 Å². The molecule has 3 aromatic rings. The van der Waals surface area contributed by atoms with E-state index in [0.717, 1.165) is 36.3 Å². The van der Waals surface area contributed by atoms with Crippen LogP contribution in [0.1, 0.15) is 40.9 Å². The van der Waals surface area contributed by atoms with E-state index in [0.29, 0.717) is 40.7 Å². The first kappa shape index (κ1) is 24.1. The molecule has 5 rings (SSSR count). The molecule has 5 nitrogen and oxygen atoms in total. The number of halogens is 2. The summed E-state index contributed by atoms with van der Waals surface area (Å²) < 4.78 is 6.54. The molecule has 0 atom stereocenters. The van der Waals surface area contributed by atoms with Crippen molar-refractivity contribution < 1.29 is 9.32 Å². The average molecular weight is 555 g/mol. The fourth-order valence-corrected chi connectivity index (χ4v) is 5.62. The topological polar surface area (TPSA) is 49.6 Å². The van der Waals surface area contributed by atoms with E-state index < -0.39 is 0 Å². The van der Waals surface area contributed by atoms with Gasteiger partial charge in [0.05, 0.1) is 5.02 Å². The third-order valence-electron chi connectivity index (χ3n) is 7.14. The Morgan fingerprint density at radius 3 is 2.54 bits per heavy atom. The second-order valence-electron chi connectivity index (χ2n) is 9.40. The van der Waals surface area contributed by atoms with Gasteiger partial charge in [-0.15, -0.1) is 0 Å². The van der Waals surface area contributed by atoms with Gasteiger partial charge in [-0.05, 0) is 61.9 Å². The maximum atomic E-state index is 13.4. The second kappa shape index (κ2) is 10.6. The number of rotatable bonds is 5. The molecule has 1 saturated heterocycles. The highest BCUT2D eigenvalue weighted by molar-refractivity contribution is 9.10. The summed E-state index contributed by atoms with van der Waals surface area (Å²) in [4.78, 5) is 17.8. The monoisotopic (exact) mass is 553 g/mol. The molecule has 182 valence electrons. The van der Waals surface area contributed by atoms with E-state index in [9.17, 15) is 4.79 Å². The Hall–Kier alpha value is -2.57. The molecule has 3 heterocycles. The zero-order valence-electron chi connectivity index (χ0n) is 19.8. The maximum Gasteiger partial charge on any atom is 0.260 e. The van der Waals surface area contributed by atoms with Crippen molar-refractivity contribution in [1.82, 2.24) is 15.0 Å². The van der Waals surface area contributed by atoms with Crippen LogP contribution in [0.3, 0.4) is 0 Å². The van der Waals surface area contributed by atoms with Crippen molar-refractivity contribution in [2.75, 3.05) is 26.2 Å². The second-order valence-corrected chi connectivity index (χ2v) is 10.7. The number of carbonyl (C=O) groups is 1. The largest absolute Gasteiger partial charge is 0.375 e. The summed E-state index contributed by atoms with van der Waals surface area (Å²) in [6.07, 6.45) is 6.64. The quantitative estimate of drug-likeness (QED) is 0.350. The zero-order valence-corrected chi connectivity index (χ0v) is 22.2. The average Bonchev–Trinajstić information content (AvgIpc) is 3.27. The molecule has 0 radical (unpaired) electrons. The lowest BCUT2D eigenvalue weighted by Crippen LogP contribution is -2.40. The van der Waals surface area contributed by atoms with Crippen molar-refractivity contribution >= 4 is 33.4 Å². The molecule has 0 saturated carbocycles. The van der Waals surface area contributed by atoms with E-state index >= 15 is 0 Å². The van der Waals surface area contributed by atoms with Crippen LogP contribution >= 0.6 is 27.5 Å². The number of aryl methyl sites for hydroxylation is 1. The van der Waals surface area contributed by atoms with Crippen molar-refractivity contribution in [2.45, 2.75) is 32.6 Å². The van der Waals surface area contributed by atoms with Gasteiger partial charge in [-0.2, -0.15) is 0 Å². The van der Waals surface area contributed by atoms with Gasteiger partial charge in [0.15, 0.2) is 0 Å². The summed E-state index contributed by atoms with van der Waals surface area (Å²) in [5, 5.41) is 4.71. The first-order chi connectivity index (χ1) is 17.0. The normalized spacial score (nSPS) is 16.9. The number of aromatic nitrogens is 1. The number of nitrogens with zero attached hydrogens (tertiary/aromatic N) is 3. The summed E-state index contributed by atoms with van der Waals surface area (Å²) in [5.41, 5.74) is 4.51. The standard InChI is InChI=1S/C28H29BrClN3O2/c1-19-26(27(31-35-19)24-4-2-3-5-25(24)30)28(34)33-16-12-23(13-17-33)32-14-10-21(11-15-32)18-20-6-8-22(29)9-7-20/h2-9,12,21H,10-11,13-18H2,1H3. The van der Waals surface area contributed by atoms with Crippen LogP contribution in [0.15, 0.2) is 69.3 Å². The molecule has 0 unspecified atom stereocenters. The lowest BCUT2D eigenvalue weighted by molar-refractivity contribution is 0.0758. The zero-order chi connectivity index (χ0) is 24.4. The third kappa shape index (κ3) is 5.34. The molecule has 0 bridgehead atoms. The Balaban J connectivity index is 1.20. The molecule has 2 aliphatic rings. The third-order valence-corrected chi connectivity index (χ3v) is 7.99. The maximum absolute atomic E-state index is 13.4. The van der Waals surface area contributed by atoms with Crippen LogP contribution in [-0.4, -0.2) is 47.0 Å². The number of hydrogen-bond donors (Lipinski definition) is 0. The highest BCUT2D eigenvalue weighted by atomic mass is 79.9. The number of benzene rings is 2. The van der Waals surface area contributed by atoms with Crippen LogP contribution < -0.4 is 0 Å². The van der Waals surface area contributed by atoms with E-state index in [1.54, 1.807) is 13.0 Å². The molecule has 0 N–H and O–H groups in total. The summed E-state index contributed by atoms with van der Waals surface area (Å²) in [7, 11) is 0. The number of amides is 1. The predicted octanol–water partition coefficient (Wildman–Crippen LogP) is 6.75. The van der Waals surface area contributed by atoms with E-state index in [2.05, 4.69) is 56.3 Å². The molecular formula is C28H29BrClN3O2. The SMILES string of the molecule is Cc1onc(-c2ccccc2Cl)c1C(=O)N1CC=C(N2CCC(Cc3ccc(Br)cc3)CC2)CC1. The minimum absolute atomic E-state index is 0.0535. The highest BCUT2D eigenvalue weighted by Crippen LogP contribution is 2.33. The molecule has 7 heteroatoms. The number of hydrogen-bond acceptors (Lipinski definition) is 4. The lowest BCUT2D eigenvalue weighted by Gasteiger charge is -2.38. The van der Waals surface area contributed by atoms with Gasteiger partial charge in [0.2, 0.25) is 0 Å². The van der Waals surface area contributed by atoms with Gasteiger partial charge in [0.25, 0.3) is 5.91 Å². The number of piperidine rings is 1. The lowest BCUT2D eigenvalue weighted by atomic mass is 9.89. The number of likely N-dealkylation sites (tertiary alicyclic amines) is 1. The molecule has 0 aliphatic carbocycles. The van der Waals surface area contributed by atoms with Gasteiger partial charge in [-0.25, -0.2) is 0 Å². The van der Waals surface area contributed by atoms with Crippen LogP contribution in [0.4, 0.5) is 0 Å². The summed E-state index contributed by atoms with van der Waals surface area (Å²) in [6.45, 7) is 5.24. The van der Waals surface area contributed by atoms with Crippen molar-refractivity contribution in [3.05, 3.63) is 86.7 Å². The van der Waals surface area contributed by atoms with E-state index in [1.807, 2.05) is 23.1 Å². The van der Waals surface area contributed by atoms with Crippen molar-refractivity contribution in [3.8, 4) is 11.3 Å². The van der Waals surface area contributed by atoms with Gasteiger partial charge in [0, 0.05) is 48.3 Å². The fourth-order valence-electron chi connectivity index (χ4n) is 5.13. The molecule has 1 amide bonds. The fraction of sp³-hybridized carbons (Fsp3) is 0.357. The van der Waals surface area contributed by atoms with Gasteiger partial charge >= 0.3 is 0 Å². The molecule has 2 aromatic carbocycles. The predicted molar refractivity (Wildman–Crippen MR) is 142 cm³/mol. The molecule has 2 aliphatic heterocycles. The number of carbonyl (C=O) groups excluding carboxylic acids is 1. The van der Waals surface area contributed by atoms with Crippen molar-refractivity contribution in [2.24, 2.45) is 5.92 Å². The first-order valence-electron chi connectivity index (χ1n) is 12.2. The van der Waals surface area contributed by atoms with Crippen molar-refractivity contribution in [3.63, 3.8) is 0 Å². The van der Waals surface area contributed by atoms with Crippen LogP contribution in [0.25, 0.3) is 11.3 Å². The Bertz CT molecular complexity index is 1230. The molecule has 0 spiro atoms. The Kier molecular flexibility index (Phi) is 7.30. The minimum Gasteiger partial charge on any atom is -0.375 e.